The molecule has 0 spiro atoms. The second kappa shape index (κ2) is 10.8. The Balaban J connectivity index is 2.79. The van der Waals surface area contributed by atoms with Crippen LogP contribution in [0.5, 0.6) is 0 Å². The van der Waals surface area contributed by atoms with E-state index in [9.17, 15) is 23.2 Å². The number of hydrogen-bond donors (Lipinski definition) is 0. The van der Waals surface area contributed by atoms with Gasteiger partial charge in [0.05, 0.1) is 19.9 Å². The number of aliphatic imine (C=N–C) groups is 1. The topological polar surface area (TPSA) is 91.3 Å². The summed E-state index contributed by atoms with van der Waals surface area (Å²) in [6.45, 7) is 4.78. The van der Waals surface area contributed by atoms with E-state index in [0.29, 0.717) is 0 Å². The maximum Gasteiger partial charge on any atom is 0.332 e. The van der Waals surface area contributed by atoms with Gasteiger partial charge in [0.15, 0.2) is 12.0 Å². The van der Waals surface area contributed by atoms with Crippen LogP contribution in [-0.2, 0) is 28.6 Å². The zero-order valence-electron chi connectivity index (χ0n) is 18.9. The van der Waals surface area contributed by atoms with Crippen LogP contribution in [0.3, 0.4) is 0 Å². The molecule has 7 nitrogen and oxygen atoms in total. The van der Waals surface area contributed by atoms with Gasteiger partial charge in [0.1, 0.15) is 17.2 Å². The molecule has 0 heterocycles. The SMILES string of the molecule is COC(=O)C(C(=O)OC)[C@H](N=C(c1cccc(F)c1)c1cccc(F)c1)C(=O)OC(C)(C)C. The molecule has 0 N–H and O–H groups in total. The summed E-state index contributed by atoms with van der Waals surface area (Å²) < 4.78 is 42.8. The molecule has 2 aromatic rings. The second-order valence-corrected chi connectivity index (χ2v) is 8.00. The van der Waals surface area contributed by atoms with Crippen LogP contribution in [0.15, 0.2) is 53.5 Å². The quantitative estimate of drug-likeness (QED) is 0.271. The van der Waals surface area contributed by atoms with Gasteiger partial charge in [0.25, 0.3) is 0 Å². The molecule has 176 valence electrons. The first-order chi connectivity index (χ1) is 15.5. The summed E-state index contributed by atoms with van der Waals surface area (Å²) in [4.78, 5) is 42.3. The highest BCUT2D eigenvalue weighted by Gasteiger charge is 2.44. The van der Waals surface area contributed by atoms with Crippen LogP contribution < -0.4 is 0 Å². The molecule has 0 aromatic heterocycles. The van der Waals surface area contributed by atoms with Gasteiger partial charge in [-0.05, 0) is 45.0 Å². The number of ether oxygens (including phenoxy) is 3. The van der Waals surface area contributed by atoms with Gasteiger partial charge >= 0.3 is 17.9 Å². The average molecular weight is 461 g/mol. The van der Waals surface area contributed by atoms with Crippen molar-refractivity contribution < 1.29 is 37.4 Å². The van der Waals surface area contributed by atoms with E-state index in [1.165, 1.54) is 36.4 Å². The Labute approximate surface area is 190 Å². The van der Waals surface area contributed by atoms with E-state index in [0.717, 1.165) is 26.4 Å². The number of nitrogens with zero attached hydrogens (tertiary/aromatic N) is 1. The van der Waals surface area contributed by atoms with E-state index < -0.39 is 47.1 Å². The molecule has 0 bridgehead atoms. The standard InChI is InChI=1S/C24H25F2NO6/c1-24(2,3)33-23(30)20(18(21(28)31-4)22(29)32-5)27-19(14-8-6-10-16(25)12-14)15-9-7-11-17(26)13-15/h6-13,18,20H,1-5H3/t20-/m0/s1. The van der Waals surface area contributed by atoms with E-state index in [2.05, 4.69) is 4.99 Å². The summed E-state index contributed by atoms with van der Waals surface area (Å²) in [6.07, 6.45) is 0. The molecular weight excluding hydrogens is 436 g/mol. The molecule has 0 amide bonds. The molecule has 9 heteroatoms. The van der Waals surface area contributed by atoms with Gasteiger partial charge in [-0.2, -0.15) is 0 Å². The van der Waals surface area contributed by atoms with Crippen molar-refractivity contribution in [1.82, 2.24) is 0 Å². The van der Waals surface area contributed by atoms with Crippen LogP contribution in [0.2, 0.25) is 0 Å². The minimum Gasteiger partial charge on any atom is -0.468 e. The predicted molar refractivity (Wildman–Crippen MR) is 116 cm³/mol. The first-order valence-corrected chi connectivity index (χ1v) is 9.95. The third kappa shape index (κ3) is 6.93. The fourth-order valence-corrected chi connectivity index (χ4v) is 2.96. The van der Waals surface area contributed by atoms with Gasteiger partial charge in [-0.15, -0.1) is 0 Å². The fraction of sp³-hybridized carbons (Fsp3) is 0.333. The number of benzene rings is 2. The average Bonchev–Trinajstić information content (AvgIpc) is 2.74. The minimum atomic E-state index is -1.81. The molecule has 0 radical (unpaired) electrons. The highest BCUT2D eigenvalue weighted by molar-refractivity contribution is 6.14. The number of hydrogen-bond acceptors (Lipinski definition) is 7. The molecule has 0 aliphatic heterocycles. The molecule has 0 aliphatic carbocycles. The summed E-state index contributed by atoms with van der Waals surface area (Å²) in [5.41, 5.74) is -0.660. The third-order valence-corrected chi connectivity index (χ3v) is 4.34. The zero-order valence-corrected chi connectivity index (χ0v) is 18.9. The van der Waals surface area contributed by atoms with E-state index in [1.54, 1.807) is 20.8 Å². The van der Waals surface area contributed by atoms with Gasteiger partial charge < -0.3 is 14.2 Å². The Kier molecular flexibility index (Phi) is 8.39. The normalized spacial score (nSPS) is 12.0. The number of carbonyl (C=O) groups excluding carboxylic acids is 3. The smallest absolute Gasteiger partial charge is 0.332 e. The zero-order chi connectivity index (χ0) is 24.8. The molecule has 2 rings (SSSR count). The predicted octanol–water partition coefficient (Wildman–Crippen LogP) is 3.47. The van der Waals surface area contributed by atoms with Gasteiger partial charge in [-0.3, -0.25) is 14.6 Å². The summed E-state index contributed by atoms with van der Waals surface area (Å²) in [6, 6.07) is 8.68. The molecule has 0 saturated heterocycles. The number of esters is 3. The lowest BCUT2D eigenvalue weighted by molar-refractivity contribution is -0.169. The minimum absolute atomic E-state index is 0.0392. The van der Waals surface area contributed by atoms with Crippen LogP contribution in [0, 0.1) is 17.6 Å². The van der Waals surface area contributed by atoms with Crippen molar-refractivity contribution in [3.05, 3.63) is 71.3 Å². The largest absolute Gasteiger partial charge is 0.468 e. The van der Waals surface area contributed by atoms with Gasteiger partial charge in [0.2, 0.25) is 0 Å². The molecule has 33 heavy (non-hydrogen) atoms. The molecule has 0 fully saturated rings. The van der Waals surface area contributed by atoms with Crippen molar-refractivity contribution in [2.24, 2.45) is 10.9 Å². The summed E-state index contributed by atoms with van der Waals surface area (Å²) >= 11 is 0. The van der Waals surface area contributed by atoms with Crippen LogP contribution >= 0.6 is 0 Å². The second-order valence-electron chi connectivity index (χ2n) is 8.00. The first-order valence-electron chi connectivity index (χ1n) is 9.95. The fourth-order valence-electron chi connectivity index (χ4n) is 2.96. The Morgan fingerprint density at radius 1 is 0.818 bits per heavy atom. The lowest BCUT2D eigenvalue weighted by atomic mass is 9.97. The highest BCUT2D eigenvalue weighted by Crippen LogP contribution is 2.22. The molecule has 0 saturated carbocycles. The maximum absolute atomic E-state index is 14.0. The summed E-state index contributed by atoms with van der Waals surface area (Å²) in [7, 11) is 2.07. The number of rotatable bonds is 7. The van der Waals surface area contributed by atoms with Gasteiger partial charge in [0, 0.05) is 11.1 Å². The van der Waals surface area contributed by atoms with E-state index in [4.69, 9.17) is 14.2 Å². The molecule has 0 unspecified atom stereocenters. The summed E-state index contributed by atoms with van der Waals surface area (Å²) in [5.74, 6) is -6.22. The molecular formula is C24H25F2NO6. The van der Waals surface area contributed by atoms with Crippen LogP contribution in [0.25, 0.3) is 0 Å². The first kappa shape index (κ1) is 25.6. The van der Waals surface area contributed by atoms with Gasteiger partial charge in [-0.25, -0.2) is 13.6 Å². The van der Waals surface area contributed by atoms with Crippen molar-refractivity contribution in [3.63, 3.8) is 0 Å². The lowest BCUT2D eigenvalue weighted by Crippen LogP contribution is -2.44. The highest BCUT2D eigenvalue weighted by atomic mass is 19.1. The van der Waals surface area contributed by atoms with Crippen LogP contribution in [0.1, 0.15) is 31.9 Å². The maximum atomic E-state index is 14.0. The van der Waals surface area contributed by atoms with Gasteiger partial charge in [-0.1, -0.05) is 24.3 Å². The molecule has 0 aliphatic rings. The van der Waals surface area contributed by atoms with Crippen molar-refractivity contribution >= 4 is 23.6 Å². The Morgan fingerprint density at radius 3 is 1.64 bits per heavy atom. The molecule has 2 aromatic carbocycles. The number of carbonyl (C=O) groups is 3. The summed E-state index contributed by atoms with van der Waals surface area (Å²) in [5, 5.41) is 0. The van der Waals surface area contributed by atoms with E-state index in [-0.39, 0.29) is 16.8 Å². The third-order valence-electron chi connectivity index (χ3n) is 4.34. The van der Waals surface area contributed by atoms with Crippen molar-refractivity contribution in [3.8, 4) is 0 Å². The Morgan fingerprint density at radius 2 is 1.27 bits per heavy atom. The van der Waals surface area contributed by atoms with Crippen molar-refractivity contribution in [2.45, 2.75) is 32.4 Å². The number of halogens is 2. The Bertz CT molecular complexity index is 997. The van der Waals surface area contributed by atoms with Crippen LogP contribution in [0.4, 0.5) is 8.78 Å². The van der Waals surface area contributed by atoms with Crippen molar-refractivity contribution in [1.29, 1.82) is 0 Å². The van der Waals surface area contributed by atoms with E-state index >= 15 is 0 Å². The van der Waals surface area contributed by atoms with Crippen molar-refractivity contribution in [2.75, 3.05) is 14.2 Å². The monoisotopic (exact) mass is 461 g/mol. The Hall–Kier alpha value is -3.62. The van der Waals surface area contributed by atoms with Crippen LogP contribution in [-0.4, -0.2) is 49.5 Å². The number of methoxy groups -OCH3 is 2. The van der Waals surface area contributed by atoms with E-state index in [1.807, 2.05) is 0 Å². The molecule has 1 atom stereocenters. The lowest BCUT2D eigenvalue weighted by Gasteiger charge is -2.25.